The number of piperazine rings is 1. The van der Waals surface area contributed by atoms with Gasteiger partial charge >= 0.3 is 0 Å². The van der Waals surface area contributed by atoms with E-state index >= 15 is 0 Å². The lowest BCUT2D eigenvalue weighted by Gasteiger charge is -2.34. The molecule has 0 unspecified atom stereocenters. The van der Waals surface area contributed by atoms with Crippen LogP contribution in [0.15, 0.2) is 0 Å². The van der Waals surface area contributed by atoms with Crippen molar-refractivity contribution < 1.29 is 4.79 Å². The van der Waals surface area contributed by atoms with Gasteiger partial charge in [-0.05, 0) is 12.8 Å². The average molecular weight is 209 g/mol. The van der Waals surface area contributed by atoms with E-state index in [2.05, 4.69) is 5.32 Å². The molecule has 0 radical (unpaired) electrons. The van der Waals surface area contributed by atoms with Crippen LogP contribution in [0.2, 0.25) is 0 Å². The molecule has 2 fully saturated rings. The van der Waals surface area contributed by atoms with Crippen molar-refractivity contribution in [3.63, 3.8) is 0 Å². The minimum absolute atomic E-state index is 0.0572. The molecule has 0 bridgehead atoms. The van der Waals surface area contributed by atoms with Crippen molar-refractivity contribution in [2.24, 2.45) is 5.92 Å². The number of amides is 1. The van der Waals surface area contributed by atoms with Crippen molar-refractivity contribution in [2.45, 2.75) is 32.1 Å². The average Bonchev–Trinajstić information content (AvgIpc) is 2.29. The van der Waals surface area contributed by atoms with E-state index in [-0.39, 0.29) is 5.91 Å². The smallest absolute Gasteiger partial charge is 0.239 e. The zero-order valence-electron chi connectivity index (χ0n) is 9.09. The van der Waals surface area contributed by atoms with E-state index in [1.807, 2.05) is 4.90 Å². The van der Waals surface area contributed by atoms with Crippen molar-refractivity contribution in [1.29, 1.82) is 5.41 Å². The van der Waals surface area contributed by atoms with E-state index < -0.39 is 0 Å². The van der Waals surface area contributed by atoms with Gasteiger partial charge in [0.05, 0.1) is 12.4 Å². The van der Waals surface area contributed by atoms with Crippen LogP contribution in [-0.2, 0) is 4.79 Å². The zero-order valence-corrected chi connectivity index (χ0v) is 9.09. The third-order valence-corrected chi connectivity index (χ3v) is 3.37. The number of nitrogens with zero attached hydrogens (tertiary/aromatic N) is 1. The second-order valence-corrected chi connectivity index (χ2v) is 4.49. The molecular formula is C11H19N3O. The van der Waals surface area contributed by atoms with Gasteiger partial charge in [0.25, 0.3) is 0 Å². The number of hydrogen-bond donors (Lipinski definition) is 2. The molecule has 84 valence electrons. The molecule has 1 saturated carbocycles. The van der Waals surface area contributed by atoms with Gasteiger partial charge in [-0.15, -0.1) is 0 Å². The molecule has 0 spiro atoms. The van der Waals surface area contributed by atoms with Crippen molar-refractivity contribution in [3.05, 3.63) is 0 Å². The summed E-state index contributed by atoms with van der Waals surface area (Å²) in [5.41, 5.74) is 0. The highest BCUT2D eigenvalue weighted by atomic mass is 16.2. The second-order valence-electron chi connectivity index (χ2n) is 4.49. The summed E-state index contributed by atoms with van der Waals surface area (Å²) < 4.78 is 0. The van der Waals surface area contributed by atoms with E-state index in [9.17, 15) is 4.79 Å². The van der Waals surface area contributed by atoms with E-state index in [1.54, 1.807) is 0 Å². The highest BCUT2D eigenvalue weighted by Gasteiger charge is 2.25. The Hall–Kier alpha value is -1.06. The molecule has 0 atom stereocenters. The van der Waals surface area contributed by atoms with Gasteiger partial charge in [-0.2, -0.15) is 0 Å². The van der Waals surface area contributed by atoms with Crippen molar-refractivity contribution in [3.8, 4) is 0 Å². The molecule has 1 amide bonds. The first-order valence-electron chi connectivity index (χ1n) is 5.87. The molecule has 2 aliphatic rings. The summed E-state index contributed by atoms with van der Waals surface area (Å²) in [4.78, 5) is 13.2. The van der Waals surface area contributed by atoms with Gasteiger partial charge in [0.15, 0.2) is 0 Å². The Kier molecular flexibility index (Phi) is 3.23. The topological polar surface area (TPSA) is 56.2 Å². The monoisotopic (exact) mass is 209 g/mol. The minimum atomic E-state index is 0.0572. The third-order valence-electron chi connectivity index (χ3n) is 3.37. The Morgan fingerprint density at radius 2 is 2.07 bits per heavy atom. The number of carbonyl (C=O) groups is 1. The van der Waals surface area contributed by atoms with Crippen LogP contribution < -0.4 is 5.32 Å². The molecule has 1 heterocycles. The number of nitrogens with one attached hydrogen (secondary N) is 2. The lowest BCUT2D eigenvalue weighted by molar-refractivity contribution is -0.122. The molecule has 1 aliphatic carbocycles. The van der Waals surface area contributed by atoms with Crippen LogP contribution >= 0.6 is 0 Å². The number of amidine groups is 1. The minimum Gasteiger partial charge on any atom is -0.353 e. The van der Waals surface area contributed by atoms with Gasteiger partial charge in [-0.3, -0.25) is 10.2 Å². The van der Waals surface area contributed by atoms with Gasteiger partial charge in [0.2, 0.25) is 5.91 Å². The summed E-state index contributed by atoms with van der Waals surface area (Å²) in [6.45, 7) is 1.88. The molecule has 2 N–H and O–H groups in total. The van der Waals surface area contributed by atoms with E-state index in [0.717, 1.165) is 19.4 Å². The fourth-order valence-electron chi connectivity index (χ4n) is 2.48. The first-order valence-corrected chi connectivity index (χ1v) is 5.87. The maximum absolute atomic E-state index is 11.2. The Balaban J connectivity index is 1.90. The second kappa shape index (κ2) is 4.64. The number of rotatable bonds is 1. The maximum Gasteiger partial charge on any atom is 0.239 e. The Morgan fingerprint density at radius 3 is 2.73 bits per heavy atom. The van der Waals surface area contributed by atoms with Crippen molar-refractivity contribution in [2.75, 3.05) is 19.6 Å². The molecule has 4 heteroatoms. The quantitative estimate of drug-likeness (QED) is 0.499. The van der Waals surface area contributed by atoms with Crippen LogP contribution in [-0.4, -0.2) is 36.3 Å². The van der Waals surface area contributed by atoms with Gasteiger partial charge < -0.3 is 10.2 Å². The predicted octanol–water partition coefficient (Wildman–Crippen LogP) is 0.976. The van der Waals surface area contributed by atoms with Crippen LogP contribution in [0.5, 0.6) is 0 Å². The highest BCUT2D eigenvalue weighted by molar-refractivity contribution is 5.88. The molecular weight excluding hydrogens is 190 g/mol. The summed E-state index contributed by atoms with van der Waals surface area (Å²) in [6.07, 6.45) is 6.07. The van der Waals surface area contributed by atoms with Crippen LogP contribution in [0.3, 0.4) is 0 Å². The predicted molar refractivity (Wildman–Crippen MR) is 58.9 cm³/mol. The summed E-state index contributed by atoms with van der Waals surface area (Å²) in [7, 11) is 0. The molecule has 0 aromatic heterocycles. The Morgan fingerprint density at radius 1 is 1.33 bits per heavy atom. The first kappa shape index (κ1) is 10.5. The molecule has 2 rings (SSSR count). The van der Waals surface area contributed by atoms with Gasteiger partial charge in [-0.1, -0.05) is 19.3 Å². The van der Waals surface area contributed by atoms with E-state index in [1.165, 1.54) is 19.3 Å². The molecule has 15 heavy (non-hydrogen) atoms. The summed E-state index contributed by atoms with van der Waals surface area (Å²) in [5.74, 6) is 1.16. The van der Waals surface area contributed by atoms with Gasteiger partial charge in [-0.25, -0.2) is 0 Å². The van der Waals surface area contributed by atoms with Gasteiger partial charge in [0.1, 0.15) is 0 Å². The number of carbonyl (C=O) groups excluding carboxylic acids is 1. The Labute approximate surface area is 90.5 Å². The SMILES string of the molecule is N=C(C1CCCCC1)N1CCNC(=O)C1. The zero-order chi connectivity index (χ0) is 10.7. The first-order chi connectivity index (χ1) is 7.27. The van der Waals surface area contributed by atoms with Crippen LogP contribution in [0.4, 0.5) is 0 Å². The van der Waals surface area contributed by atoms with Crippen molar-refractivity contribution >= 4 is 11.7 Å². The maximum atomic E-state index is 11.2. The third kappa shape index (κ3) is 2.49. The van der Waals surface area contributed by atoms with Crippen LogP contribution in [0.1, 0.15) is 32.1 Å². The summed E-state index contributed by atoms with van der Waals surface area (Å²) in [5, 5.41) is 10.9. The lowest BCUT2D eigenvalue weighted by Crippen LogP contribution is -2.51. The van der Waals surface area contributed by atoms with Crippen LogP contribution in [0.25, 0.3) is 0 Å². The fraction of sp³-hybridized carbons (Fsp3) is 0.818. The highest BCUT2D eigenvalue weighted by Crippen LogP contribution is 2.25. The summed E-state index contributed by atoms with van der Waals surface area (Å²) >= 11 is 0. The molecule has 0 aromatic carbocycles. The Bertz CT molecular complexity index is 259. The van der Waals surface area contributed by atoms with Gasteiger partial charge in [0, 0.05) is 19.0 Å². The van der Waals surface area contributed by atoms with E-state index in [0.29, 0.717) is 24.8 Å². The molecule has 1 saturated heterocycles. The molecule has 1 aliphatic heterocycles. The normalized spacial score (nSPS) is 23.7. The lowest BCUT2D eigenvalue weighted by atomic mass is 9.88. The van der Waals surface area contributed by atoms with E-state index in [4.69, 9.17) is 5.41 Å². The van der Waals surface area contributed by atoms with Crippen LogP contribution in [0, 0.1) is 11.3 Å². The number of hydrogen-bond acceptors (Lipinski definition) is 2. The summed E-state index contributed by atoms with van der Waals surface area (Å²) in [6, 6.07) is 0. The standard InChI is InChI=1S/C11H19N3O/c12-11(9-4-2-1-3-5-9)14-7-6-13-10(15)8-14/h9,12H,1-8H2,(H,13,15). The molecule has 4 nitrogen and oxygen atoms in total. The fourth-order valence-corrected chi connectivity index (χ4v) is 2.48. The van der Waals surface area contributed by atoms with Crippen molar-refractivity contribution in [1.82, 2.24) is 10.2 Å². The largest absolute Gasteiger partial charge is 0.353 e. The molecule has 0 aromatic rings.